The lowest BCUT2D eigenvalue weighted by Gasteiger charge is -2.07. The average Bonchev–Trinajstić information content (AvgIpc) is 2.97. The van der Waals surface area contributed by atoms with Crippen molar-refractivity contribution in [3.05, 3.63) is 40.1 Å². The number of hydrogen-bond donors (Lipinski definition) is 3. The van der Waals surface area contributed by atoms with Crippen LogP contribution in [-0.2, 0) is 6.54 Å². The van der Waals surface area contributed by atoms with Crippen LogP contribution in [0.5, 0.6) is 0 Å². The number of nitrogens with one attached hydrogen (secondary N) is 3. The first-order valence-corrected chi connectivity index (χ1v) is 5.56. The number of rotatable bonds is 5. The van der Waals surface area contributed by atoms with E-state index in [-0.39, 0.29) is 23.6 Å². The van der Waals surface area contributed by atoms with Gasteiger partial charge in [-0.1, -0.05) is 0 Å². The van der Waals surface area contributed by atoms with Crippen molar-refractivity contribution in [2.45, 2.75) is 6.54 Å². The Morgan fingerprint density at radius 3 is 2.90 bits per heavy atom. The normalized spacial score (nSPS) is 10.1. The number of aromatic amines is 1. The van der Waals surface area contributed by atoms with E-state index in [4.69, 9.17) is 0 Å². The number of nitrogens with zero attached hydrogens (tertiary/aromatic N) is 4. The highest BCUT2D eigenvalue weighted by Crippen LogP contribution is 2.18. The minimum absolute atomic E-state index is 0.0845. The molecule has 2 aromatic heterocycles. The molecule has 0 saturated heterocycles. The summed E-state index contributed by atoms with van der Waals surface area (Å²) < 4.78 is 0. The third kappa shape index (κ3) is 2.85. The lowest BCUT2D eigenvalue weighted by atomic mass is 10.2. The molecule has 3 N–H and O–H groups in total. The van der Waals surface area contributed by atoms with Crippen LogP contribution >= 0.6 is 0 Å². The minimum Gasteiger partial charge on any atom is -0.372 e. The highest BCUT2D eigenvalue weighted by atomic mass is 16.6. The molecule has 2 aromatic rings. The third-order valence-electron chi connectivity index (χ3n) is 2.45. The molecular formula is C10H11N7O3. The monoisotopic (exact) mass is 277 g/mol. The van der Waals surface area contributed by atoms with Crippen LogP contribution in [0.15, 0.2) is 18.6 Å². The van der Waals surface area contributed by atoms with Crippen LogP contribution in [0.4, 0.5) is 11.5 Å². The van der Waals surface area contributed by atoms with Crippen molar-refractivity contribution in [1.29, 1.82) is 0 Å². The fourth-order valence-corrected chi connectivity index (χ4v) is 1.50. The lowest BCUT2D eigenvalue weighted by Crippen LogP contribution is -2.24. The van der Waals surface area contributed by atoms with E-state index in [1.54, 1.807) is 7.05 Å². The summed E-state index contributed by atoms with van der Waals surface area (Å²) in [7, 11) is 1.57. The van der Waals surface area contributed by atoms with Gasteiger partial charge in [0.25, 0.3) is 11.6 Å². The lowest BCUT2D eigenvalue weighted by molar-refractivity contribution is -0.385. The van der Waals surface area contributed by atoms with Gasteiger partial charge in [-0.05, 0) is 0 Å². The Bertz CT molecular complexity index is 626. The van der Waals surface area contributed by atoms with E-state index < -0.39 is 10.8 Å². The van der Waals surface area contributed by atoms with Gasteiger partial charge in [-0.25, -0.2) is 9.97 Å². The second-order valence-corrected chi connectivity index (χ2v) is 3.71. The highest BCUT2D eigenvalue weighted by Gasteiger charge is 2.17. The van der Waals surface area contributed by atoms with Gasteiger partial charge in [-0.15, -0.1) is 0 Å². The number of nitro groups is 1. The average molecular weight is 277 g/mol. The Balaban J connectivity index is 2.18. The molecule has 0 aliphatic rings. The molecule has 10 nitrogen and oxygen atoms in total. The van der Waals surface area contributed by atoms with Crippen LogP contribution < -0.4 is 10.6 Å². The maximum Gasteiger partial charge on any atom is 0.288 e. The molecule has 0 unspecified atom stereocenters. The van der Waals surface area contributed by atoms with Gasteiger partial charge in [0.05, 0.1) is 17.0 Å². The standard InChI is InChI=1S/C10H11N7O3/c1-11-9-7(2-6(3-12-9)17(19)20)10(18)13-4-8-14-5-15-16-8/h2-3,5H,4H2,1H3,(H,11,12)(H,13,18)(H,14,15,16). The fraction of sp³-hybridized carbons (Fsp3) is 0.200. The van der Waals surface area contributed by atoms with Crippen molar-refractivity contribution in [3.8, 4) is 0 Å². The summed E-state index contributed by atoms with van der Waals surface area (Å²) in [6.45, 7) is 0.130. The number of pyridine rings is 1. The van der Waals surface area contributed by atoms with E-state index in [2.05, 4.69) is 30.8 Å². The number of H-pyrrole nitrogens is 1. The summed E-state index contributed by atoms with van der Waals surface area (Å²) in [6, 6.07) is 1.16. The van der Waals surface area contributed by atoms with Gasteiger partial charge >= 0.3 is 0 Å². The zero-order chi connectivity index (χ0) is 14.5. The molecule has 1 amide bonds. The number of amides is 1. The second-order valence-electron chi connectivity index (χ2n) is 3.71. The third-order valence-corrected chi connectivity index (χ3v) is 2.45. The summed E-state index contributed by atoms with van der Waals surface area (Å²) in [5.74, 6) is 0.232. The summed E-state index contributed by atoms with van der Waals surface area (Å²) in [6.07, 6.45) is 2.40. The van der Waals surface area contributed by atoms with E-state index in [0.29, 0.717) is 5.82 Å². The van der Waals surface area contributed by atoms with E-state index in [1.165, 1.54) is 6.33 Å². The molecule has 2 heterocycles. The Kier molecular flexibility index (Phi) is 3.84. The predicted octanol–water partition coefficient (Wildman–Crippen LogP) is 0.0796. The summed E-state index contributed by atoms with van der Waals surface area (Å²) in [4.78, 5) is 29.8. The molecule has 0 aliphatic heterocycles. The molecule has 0 spiro atoms. The van der Waals surface area contributed by atoms with Crippen molar-refractivity contribution in [1.82, 2.24) is 25.5 Å². The van der Waals surface area contributed by atoms with Gasteiger partial charge < -0.3 is 10.6 Å². The van der Waals surface area contributed by atoms with E-state index in [9.17, 15) is 14.9 Å². The fourth-order valence-electron chi connectivity index (χ4n) is 1.50. The number of carbonyl (C=O) groups is 1. The van der Waals surface area contributed by atoms with Crippen molar-refractivity contribution in [3.63, 3.8) is 0 Å². The largest absolute Gasteiger partial charge is 0.372 e. The molecule has 0 atom stereocenters. The van der Waals surface area contributed by atoms with Crippen LogP contribution in [0, 0.1) is 10.1 Å². The first kappa shape index (κ1) is 13.4. The Hall–Kier alpha value is -3.04. The van der Waals surface area contributed by atoms with Crippen LogP contribution in [0.3, 0.4) is 0 Å². The number of carbonyl (C=O) groups excluding carboxylic acids is 1. The molecule has 0 fully saturated rings. The summed E-state index contributed by atoms with van der Waals surface area (Å²) in [5, 5.41) is 22.2. The molecule has 2 rings (SSSR count). The van der Waals surface area contributed by atoms with E-state index in [1.807, 2.05) is 0 Å². The van der Waals surface area contributed by atoms with Crippen LogP contribution in [0.25, 0.3) is 0 Å². The van der Waals surface area contributed by atoms with Crippen molar-refractivity contribution in [2.24, 2.45) is 0 Å². The SMILES string of the molecule is CNc1ncc([N+](=O)[O-])cc1C(=O)NCc1ncn[nH]1. The first-order chi connectivity index (χ1) is 9.61. The highest BCUT2D eigenvalue weighted by molar-refractivity contribution is 5.99. The molecular weight excluding hydrogens is 266 g/mol. The molecule has 20 heavy (non-hydrogen) atoms. The zero-order valence-electron chi connectivity index (χ0n) is 10.5. The predicted molar refractivity (Wildman–Crippen MR) is 68.0 cm³/mol. The minimum atomic E-state index is -0.611. The van der Waals surface area contributed by atoms with E-state index in [0.717, 1.165) is 12.3 Å². The Morgan fingerprint density at radius 1 is 1.50 bits per heavy atom. The maximum atomic E-state index is 12.0. The Morgan fingerprint density at radius 2 is 2.30 bits per heavy atom. The molecule has 0 aromatic carbocycles. The van der Waals surface area contributed by atoms with Gasteiger partial charge in [0.2, 0.25) is 0 Å². The Labute approximate surface area is 112 Å². The molecule has 0 aliphatic carbocycles. The van der Waals surface area contributed by atoms with Crippen molar-refractivity contribution < 1.29 is 9.72 Å². The smallest absolute Gasteiger partial charge is 0.288 e. The van der Waals surface area contributed by atoms with Crippen LogP contribution in [0.2, 0.25) is 0 Å². The number of hydrogen-bond acceptors (Lipinski definition) is 7. The molecule has 0 saturated carbocycles. The maximum absolute atomic E-state index is 12.0. The topological polar surface area (TPSA) is 139 Å². The van der Waals surface area contributed by atoms with Gasteiger partial charge in [0.1, 0.15) is 24.2 Å². The van der Waals surface area contributed by atoms with Crippen molar-refractivity contribution in [2.75, 3.05) is 12.4 Å². The van der Waals surface area contributed by atoms with Gasteiger partial charge in [-0.2, -0.15) is 5.10 Å². The first-order valence-electron chi connectivity index (χ1n) is 5.56. The van der Waals surface area contributed by atoms with Gasteiger partial charge in [0, 0.05) is 13.1 Å². The molecule has 10 heteroatoms. The zero-order valence-corrected chi connectivity index (χ0v) is 10.5. The van der Waals surface area contributed by atoms with Crippen LogP contribution in [-0.4, -0.2) is 38.0 Å². The summed E-state index contributed by atoms with van der Waals surface area (Å²) in [5.41, 5.74) is -0.171. The molecule has 0 radical (unpaired) electrons. The number of aromatic nitrogens is 4. The van der Waals surface area contributed by atoms with Crippen LogP contribution in [0.1, 0.15) is 16.2 Å². The quantitative estimate of drug-likeness (QED) is 0.519. The van der Waals surface area contributed by atoms with Gasteiger partial charge in [0.15, 0.2) is 0 Å². The summed E-state index contributed by atoms with van der Waals surface area (Å²) >= 11 is 0. The van der Waals surface area contributed by atoms with Crippen molar-refractivity contribution >= 4 is 17.4 Å². The molecule has 0 bridgehead atoms. The number of anilines is 1. The molecule has 104 valence electrons. The second kappa shape index (κ2) is 5.73. The van der Waals surface area contributed by atoms with Gasteiger partial charge in [-0.3, -0.25) is 20.0 Å². The van der Waals surface area contributed by atoms with E-state index >= 15 is 0 Å².